The first-order valence-electron chi connectivity index (χ1n) is 7.05. The molecule has 0 bridgehead atoms. The molecule has 0 aliphatic carbocycles. The van der Waals surface area contributed by atoms with Gasteiger partial charge in [0.25, 0.3) is 5.91 Å². The van der Waals surface area contributed by atoms with Crippen LogP contribution in [-0.4, -0.2) is 23.2 Å². The van der Waals surface area contributed by atoms with E-state index >= 15 is 0 Å². The van der Waals surface area contributed by atoms with Crippen LogP contribution in [-0.2, 0) is 6.42 Å². The first kappa shape index (κ1) is 14.2. The van der Waals surface area contributed by atoms with E-state index in [9.17, 15) is 4.79 Å². The van der Waals surface area contributed by atoms with Gasteiger partial charge >= 0.3 is 0 Å². The number of hydrogen-bond donors (Lipinski definition) is 2. The lowest BCUT2D eigenvalue weighted by Gasteiger charge is -2.02. The summed E-state index contributed by atoms with van der Waals surface area (Å²) in [6.07, 6.45) is 0.691. The highest BCUT2D eigenvalue weighted by Gasteiger charge is 2.16. The third-order valence-corrected chi connectivity index (χ3v) is 3.58. The van der Waals surface area contributed by atoms with Gasteiger partial charge in [0.2, 0.25) is 0 Å². The highest BCUT2D eigenvalue weighted by molar-refractivity contribution is 6.06. The number of fused-ring (bicyclic) bond motifs is 1. The zero-order valence-corrected chi connectivity index (χ0v) is 12.7. The average molecular weight is 299 g/mol. The van der Waals surface area contributed by atoms with Gasteiger partial charge < -0.3 is 19.6 Å². The fraction of sp³-hybridized carbons (Fsp3) is 0.250. The molecule has 2 heterocycles. The van der Waals surface area contributed by atoms with E-state index < -0.39 is 0 Å². The molecule has 2 aromatic heterocycles. The largest absolute Gasteiger partial charge is 0.497 e. The molecule has 2 N–H and O–H groups in total. The number of anilines is 1. The summed E-state index contributed by atoms with van der Waals surface area (Å²) in [5, 5.41) is 7.71. The van der Waals surface area contributed by atoms with Crippen LogP contribution in [0.4, 0.5) is 5.69 Å². The molecule has 0 radical (unpaired) electrons. The van der Waals surface area contributed by atoms with Gasteiger partial charge in [0.1, 0.15) is 22.8 Å². The molecule has 0 unspecified atom stereocenters. The number of amides is 1. The number of aryl methyl sites for hydroxylation is 2. The minimum atomic E-state index is -0.226. The van der Waals surface area contributed by atoms with Crippen LogP contribution in [0.15, 0.2) is 28.8 Å². The molecule has 22 heavy (non-hydrogen) atoms. The maximum atomic E-state index is 12.4. The fourth-order valence-electron chi connectivity index (χ4n) is 2.36. The summed E-state index contributed by atoms with van der Waals surface area (Å²) in [6, 6.07) is 7.40. The summed E-state index contributed by atoms with van der Waals surface area (Å²) in [7, 11) is 1.61. The van der Waals surface area contributed by atoms with Gasteiger partial charge in [-0.3, -0.25) is 4.79 Å². The summed E-state index contributed by atoms with van der Waals surface area (Å²) >= 11 is 0. The second kappa shape index (κ2) is 5.55. The number of benzene rings is 1. The molecule has 0 fully saturated rings. The van der Waals surface area contributed by atoms with E-state index in [2.05, 4.69) is 15.5 Å². The number of nitrogens with one attached hydrogen (secondary N) is 2. The minimum Gasteiger partial charge on any atom is -0.497 e. The van der Waals surface area contributed by atoms with Gasteiger partial charge in [0, 0.05) is 10.9 Å². The number of methoxy groups -OCH3 is 1. The lowest BCUT2D eigenvalue weighted by molar-refractivity contribution is 0.102. The molecule has 1 amide bonds. The van der Waals surface area contributed by atoms with Crippen LogP contribution in [0.3, 0.4) is 0 Å². The molecule has 0 aliphatic rings. The predicted octanol–water partition coefficient (Wildman–Crippen LogP) is 3.29. The van der Waals surface area contributed by atoms with Crippen molar-refractivity contribution in [2.75, 3.05) is 12.4 Å². The summed E-state index contributed by atoms with van der Waals surface area (Å²) in [6.45, 7) is 3.74. The Hall–Kier alpha value is -2.76. The number of carbonyl (C=O) groups is 1. The van der Waals surface area contributed by atoms with Crippen LogP contribution in [0, 0.1) is 6.92 Å². The Morgan fingerprint density at radius 1 is 1.41 bits per heavy atom. The Kier molecular flexibility index (Phi) is 3.58. The van der Waals surface area contributed by atoms with Crippen molar-refractivity contribution in [1.82, 2.24) is 10.1 Å². The number of nitrogens with zero attached hydrogens (tertiary/aromatic N) is 1. The van der Waals surface area contributed by atoms with Gasteiger partial charge in [-0.15, -0.1) is 0 Å². The Morgan fingerprint density at radius 2 is 2.23 bits per heavy atom. The van der Waals surface area contributed by atoms with Crippen molar-refractivity contribution in [2.45, 2.75) is 20.3 Å². The third-order valence-electron chi connectivity index (χ3n) is 3.58. The lowest BCUT2D eigenvalue weighted by Crippen LogP contribution is -2.13. The van der Waals surface area contributed by atoms with Crippen LogP contribution >= 0.6 is 0 Å². The van der Waals surface area contributed by atoms with E-state index in [4.69, 9.17) is 9.26 Å². The van der Waals surface area contributed by atoms with Gasteiger partial charge in [-0.2, -0.15) is 0 Å². The zero-order chi connectivity index (χ0) is 15.7. The molecule has 3 aromatic rings. The smallest absolute Gasteiger partial charge is 0.272 e. The Morgan fingerprint density at radius 3 is 2.95 bits per heavy atom. The normalized spacial score (nSPS) is 10.9. The van der Waals surface area contributed by atoms with Crippen LogP contribution in [0.1, 0.15) is 28.9 Å². The topological polar surface area (TPSA) is 80.2 Å². The summed E-state index contributed by atoms with van der Waals surface area (Å²) in [5.41, 5.74) is 2.74. The number of H-pyrrole nitrogens is 1. The summed E-state index contributed by atoms with van der Waals surface area (Å²) < 4.78 is 10.3. The molecule has 0 spiro atoms. The maximum Gasteiger partial charge on any atom is 0.272 e. The Balaban J connectivity index is 1.90. The van der Waals surface area contributed by atoms with E-state index in [0.717, 1.165) is 22.3 Å². The standard InChI is InChI=1S/C16H17N3O3/c1-4-12-15(9(2)22-19-12)18-16(20)14-8-10-7-11(21-3)5-6-13(10)17-14/h5-8,17H,4H2,1-3H3,(H,18,20). The van der Waals surface area contributed by atoms with E-state index in [1.165, 1.54) is 0 Å². The van der Waals surface area contributed by atoms with Crippen LogP contribution in [0.2, 0.25) is 0 Å². The van der Waals surface area contributed by atoms with Crippen molar-refractivity contribution in [3.8, 4) is 5.75 Å². The minimum absolute atomic E-state index is 0.226. The van der Waals surface area contributed by atoms with E-state index in [1.807, 2.05) is 25.1 Å². The predicted molar refractivity (Wildman–Crippen MR) is 83.4 cm³/mol. The number of aromatic amines is 1. The second-order valence-corrected chi connectivity index (χ2v) is 5.00. The van der Waals surface area contributed by atoms with Gasteiger partial charge in [0.15, 0.2) is 5.76 Å². The second-order valence-electron chi connectivity index (χ2n) is 5.00. The number of rotatable bonds is 4. The average Bonchev–Trinajstić information content (AvgIpc) is 3.10. The van der Waals surface area contributed by atoms with Crippen LogP contribution in [0.25, 0.3) is 10.9 Å². The van der Waals surface area contributed by atoms with E-state index in [0.29, 0.717) is 23.6 Å². The Labute approximate surface area is 127 Å². The molecular weight excluding hydrogens is 282 g/mol. The number of ether oxygens (including phenoxy) is 1. The molecule has 0 atom stereocenters. The van der Waals surface area contributed by atoms with Crippen LogP contribution < -0.4 is 10.1 Å². The molecule has 1 aromatic carbocycles. The van der Waals surface area contributed by atoms with Gasteiger partial charge in [-0.25, -0.2) is 0 Å². The summed E-state index contributed by atoms with van der Waals surface area (Å²) in [4.78, 5) is 15.5. The van der Waals surface area contributed by atoms with Crippen molar-refractivity contribution in [3.05, 3.63) is 41.4 Å². The molecule has 6 heteroatoms. The number of carbonyl (C=O) groups excluding carboxylic acids is 1. The fourth-order valence-corrected chi connectivity index (χ4v) is 2.36. The molecule has 0 saturated carbocycles. The molecule has 114 valence electrons. The van der Waals surface area contributed by atoms with Crippen molar-refractivity contribution >= 4 is 22.5 Å². The Bertz CT molecular complexity index is 832. The van der Waals surface area contributed by atoms with Crippen molar-refractivity contribution in [1.29, 1.82) is 0 Å². The highest BCUT2D eigenvalue weighted by atomic mass is 16.5. The lowest BCUT2D eigenvalue weighted by atomic mass is 10.2. The van der Waals surface area contributed by atoms with Gasteiger partial charge in [-0.05, 0) is 37.6 Å². The highest BCUT2D eigenvalue weighted by Crippen LogP contribution is 2.24. The van der Waals surface area contributed by atoms with Gasteiger partial charge in [-0.1, -0.05) is 12.1 Å². The quantitative estimate of drug-likeness (QED) is 0.774. The molecule has 6 nitrogen and oxygen atoms in total. The van der Waals surface area contributed by atoms with Crippen molar-refractivity contribution in [3.63, 3.8) is 0 Å². The number of aromatic nitrogens is 2. The monoisotopic (exact) mass is 299 g/mol. The van der Waals surface area contributed by atoms with E-state index in [-0.39, 0.29) is 5.91 Å². The van der Waals surface area contributed by atoms with E-state index in [1.54, 1.807) is 20.1 Å². The molecule has 0 saturated heterocycles. The molecule has 0 aliphatic heterocycles. The molecule has 3 rings (SSSR count). The maximum absolute atomic E-state index is 12.4. The summed E-state index contributed by atoms with van der Waals surface area (Å²) in [5.74, 6) is 1.13. The first-order chi connectivity index (χ1) is 10.6. The van der Waals surface area contributed by atoms with Crippen molar-refractivity contribution < 1.29 is 14.1 Å². The third kappa shape index (κ3) is 2.43. The van der Waals surface area contributed by atoms with Crippen LogP contribution in [0.5, 0.6) is 5.75 Å². The molecular formula is C16H17N3O3. The SMILES string of the molecule is CCc1noc(C)c1NC(=O)c1cc2cc(OC)ccc2[nH]1. The zero-order valence-electron chi connectivity index (χ0n) is 12.7. The van der Waals surface area contributed by atoms with Gasteiger partial charge in [0.05, 0.1) is 7.11 Å². The first-order valence-corrected chi connectivity index (χ1v) is 7.05. The van der Waals surface area contributed by atoms with Crippen molar-refractivity contribution in [2.24, 2.45) is 0 Å². The number of hydrogen-bond acceptors (Lipinski definition) is 4.